The number of benzene rings is 1. The van der Waals surface area contributed by atoms with Gasteiger partial charge in [0.2, 0.25) is 0 Å². The van der Waals surface area contributed by atoms with Crippen LogP contribution in [-0.2, 0) is 17.6 Å². The van der Waals surface area contributed by atoms with Gasteiger partial charge in [-0.05, 0) is 29.9 Å². The number of rotatable bonds is 3. The molecule has 0 saturated carbocycles. The minimum Gasteiger partial charge on any atom is -0.377 e. The van der Waals surface area contributed by atoms with Gasteiger partial charge in [0.1, 0.15) is 0 Å². The Bertz CT molecular complexity index is 1040. The van der Waals surface area contributed by atoms with Gasteiger partial charge in [0.25, 0.3) is 0 Å². The molecule has 0 spiro atoms. The Morgan fingerprint density at radius 3 is 3.07 bits per heavy atom. The van der Waals surface area contributed by atoms with E-state index in [4.69, 9.17) is 9.72 Å². The maximum Gasteiger partial charge on any atom is 0.186 e. The molecule has 1 aliphatic carbocycles. The van der Waals surface area contributed by atoms with Crippen LogP contribution in [0.5, 0.6) is 0 Å². The van der Waals surface area contributed by atoms with Crippen molar-refractivity contribution < 1.29 is 9.53 Å². The average molecular weight is 396 g/mol. The second-order valence-corrected chi connectivity index (χ2v) is 9.68. The minimum atomic E-state index is 0.00385. The minimum absolute atomic E-state index is 0.00385. The lowest BCUT2D eigenvalue weighted by molar-refractivity contribution is 0.0915. The number of para-hydroxylation sites is 1. The zero-order valence-corrected chi connectivity index (χ0v) is 17.1. The highest BCUT2D eigenvalue weighted by molar-refractivity contribution is 7.17. The first-order chi connectivity index (χ1) is 13.5. The number of fused-ring (bicyclic) bond motifs is 2. The Hall–Kier alpha value is -2.18. The van der Waals surface area contributed by atoms with E-state index in [-0.39, 0.29) is 17.2 Å². The quantitative estimate of drug-likeness (QED) is 0.721. The normalized spacial score (nSPS) is 21.9. The SMILES string of the molecule is CC1(C)CC(=O)c2sc(N3CCOC[C@@H]3Cc3c[nH]c4ccccc34)nc2C1. The molecule has 1 N–H and O–H groups in total. The highest BCUT2D eigenvalue weighted by Gasteiger charge is 2.36. The number of aromatic amines is 1. The van der Waals surface area contributed by atoms with E-state index in [1.807, 2.05) is 0 Å². The Kier molecular flexibility index (Phi) is 4.29. The summed E-state index contributed by atoms with van der Waals surface area (Å²) in [5.74, 6) is 0.247. The largest absolute Gasteiger partial charge is 0.377 e. The van der Waals surface area contributed by atoms with Crippen molar-refractivity contribution in [1.29, 1.82) is 0 Å². The van der Waals surface area contributed by atoms with Crippen LogP contribution in [0.25, 0.3) is 10.9 Å². The summed E-state index contributed by atoms with van der Waals surface area (Å²) in [6.45, 7) is 6.51. The van der Waals surface area contributed by atoms with E-state index in [0.717, 1.165) is 35.1 Å². The van der Waals surface area contributed by atoms with E-state index in [1.165, 1.54) is 16.5 Å². The van der Waals surface area contributed by atoms with E-state index >= 15 is 0 Å². The molecule has 5 rings (SSSR count). The van der Waals surface area contributed by atoms with E-state index in [2.05, 4.69) is 54.2 Å². The van der Waals surface area contributed by atoms with Gasteiger partial charge in [0.15, 0.2) is 10.9 Å². The predicted molar refractivity (Wildman–Crippen MR) is 113 cm³/mol. The molecule has 6 heteroatoms. The van der Waals surface area contributed by atoms with Gasteiger partial charge in [-0.2, -0.15) is 0 Å². The van der Waals surface area contributed by atoms with Crippen LogP contribution >= 0.6 is 11.3 Å². The molecule has 3 aromatic rings. The monoisotopic (exact) mass is 395 g/mol. The van der Waals surface area contributed by atoms with Gasteiger partial charge in [-0.25, -0.2) is 4.98 Å². The van der Waals surface area contributed by atoms with Crippen LogP contribution in [0.15, 0.2) is 30.5 Å². The lowest BCUT2D eigenvalue weighted by atomic mass is 9.78. The van der Waals surface area contributed by atoms with Gasteiger partial charge in [0, 0.05) is 30.1 Å². The van der Waals surface area contributed by atoms with Crippen molar-refractivity contribution in [1.82, 2.24) is 9.97 Å². The molecule has 146 valence electrons. The number of ether oxygens (including phenoxy) is 1. The first kappa shape index (κ1) is 17.9. The molecular weight excluding hydrogens is 370 g/mol. The molecule has 0 radical (unpaired) electrons. The summed E-state index contributed by atoms with van der Waals surface area (Å²) in [4.78, 5) is 24.1. The average Bonchev–Trinajstić information content (AvgIpc) is 3.26. The molecule has 5 nitrogen and oxygen atoms in total. The van der Waals surface area contributed by atoms with Gasteiger partial charge in [-0.1, -0.05) is 43.4 Å². The molecule has 0 amide bonds. The maximum atomic E-state index is 12.6. The smallest absolute Gasteiger partial charge is 0.186 e. The maximum absolute atomic E-state index is 12.6. The second kappa shape index (κ2) is 6.71. The Balaban J connectivity index is 1.45. The number of Topliss-reactive ketones (excluding diaryl/α,β-unsaturated/α-hetero) is 1. The fourth-order valence-electron chi connectivity index (χ4n) is 4.46. The first-order valence-corrected chi connectivity index (χ1v) is 10.7. The molecule has 3 heterocycles. The van der Waals surface area contributed by atoms with Crippen molar-refractivity contribution in [3.8, 4) is 0 Å². The van der Waals surface area contributed by atoms with Crippen LogP contribution in [0, 0.1) is 5.41 Å². The summed E-state index contributed by atoms with van der Waals surface area (Å²) in [5, 5.41) is 2.24. The Morgan fingerprint density at radius 1 is 1.32 bits per heavy atom. The van der Waals surface area contributed by atoms with Crippen LogP contribution < -0.4 is 4.90 Å². The van der Waals surface area contributed by atoms with Gasteiger partial charge in [0.05, 0.1) is 29.8 Å². The van der Waals surface area contributed by atoms with Gasteiger partial charge in [-0.15, -0.1) is 0 Å². The highest BCUT2D eigenvalue weighted by Crippen LogP contribution is 2.40. The van der Waals surface area contributed by atoms with E-state index in [0.29, 0.717) is 19.6 Å². The second-order valence-electron chi connectivity index (χ2n) is 8.70. The number of ketones is 1. The molecule has 2 aromatic heterocycles. The third-order valence-corrected chi connectivity index (χ3v) is 7.00. The van der Waals surface area contributed by atoms with Crippen LogP contribution in [0.2, 0.25) is 0 Å². The van der Waals surface area contributed by atoms with E-state index in [9.17, 15) is 4.79 Å². The summed E-state index contributed by atoms with van der Waals surface area (Å²) in [7, 11) is 0. The van der Waals surface area contributed by atoms with Crippen LogP contribution in [0.1, 0.15) is 41.2 Å². The molecular formula is C22H25N3O2S. The van der Waals surface area contributed by atoms with Crippen LogP contribution in [-0.4, -0.2) is 41.6 Å². The molecule has 0 unspecified atom stereocenters. The number of aromatic nitrogens is 2. The zero-order valence-electron chi connectivity index (χ0n) is 16.3. The topological polar surface area (TPSA) is 58.2 Å². The number of carbonyl (C=O) groups is 1. The standard InChI is InChI=1S/C22H25N3O2S/c1-22(2)10-18-20(19(26)11-22)28-21(24-18)25-7-8-27-13-15(25)9-14-12-23-17-6-4-3-5-16(14)17/h3-6,12,15,23H,7-11,13H2,1-2H3/t15-/m0/s1. The number of H-pyrrole nitrogens is 1. The van der Waals surface area contributed by atoms with Crippen molar-refractivity contribution >= 4 is 33.2 Å². The molecule has 1 saturated heterocycles. The number of anilines is 1. The van der Waals surface area contributed by atoms with E-state index < -0.39 is 0 Å². The van der Waals surface area contributed by atoms with E-state index in [1.54, 1.807) is 11.3 Å². The summed E-state index contributed by atoms with van der Waals surface area (Å²) >= 11 is 1.57. The molecule has 2 aliphatic rings. The first-order valence-electron chi connectivity index (χ1n) is 9.92. The fourth-order valence-corrected chi connectivity index (χ4v) is 5.58. The number of nitrogens with one attached hydrogen (secondary N) is 1. The summed E-state index contributed by atoms with van der Waals surface area (Å²) in [6.07, 6.45) is 4.50. The van der Waals surface area contributed by atoms with Crippen molar-refractivity contribution in [2.45, 2.75) is 39.2 Å². The van der Waals surface area contributed by atoms with Crippen LogP contribution in [0.3, 0.4) is 0 Å². The number of hydrogen-bond acceptors (Lipinski definition) is 5. The number of thiazole rings is 1. The predicted octanol–water partition coefficient (Wildman–Crippen LogP) is 4.23. The van der Waals surface area contributed by atoms with Gasteiger partial charge in [-0.3, -0.25) is 4.79 Å². The van der Waals surface area contributed by atoms with Crippen molar-refractivity contribution in [2.75, 3.05) is 24.7 Å². The van der Waals surface area contributed by atoms with Crippen molar-refractivity contribution in [3.63, 3.8) is 0 Å². The Morgan fingerprint density at radius 2 is 2.18 bits per heavy atom. The fraction of sp³-hybridized carbons (Fsp3) is 0.455. The lowest BCUT2D eigenvalue weighted by Crippen LogP contribution is -2.46. The summed E-state index contributed by atoms with van der Waals surface area (Å²) in [5.41, 5.74) is 3.45. The summed E-state index contributed by atoms with van der Waals surface area (Å²) < 4.78 is 5.81. The molecule has 0 bridgehead atoms. The van der Waals surface area contributed by atoms with Gasteiger partial charge >= 0.3 is 0 Å². The molecule has 1 fully saturated rings. The summed E-state index contributed by atoms with van der Waals surface area (Å²) in [6, 6.07) is 8.63. The molecule has 1 aliphatic heterocycles. The van der Waals surface area contributed by atoms with Crippen molar-refractivity contribution in [3.05, 3.63) is 46.6 Å². The highest BCUT2D eigenvalue weighted by atomic mass is 32.1. The number of carbonyl (C=O) groups excluding carboxylic acids is 1. The number of morpholine rings is 1. The Labute approximate surface area is 168 Å². The zero-order chi connectivity index (χ0) is 19.3. The van der Waals surface area contributed by atoms with Crippen LogP contribution in [0.4, 0.5) is 5.13 Å². The number of hydrogen-bond donors (Lipinski definition) is 1. The lowest BCUT2D eigenvalue weighted by Gasteiger charge is -2.35. The number of nitrogens with zero attached hydrogens (tertiary/aromatic N) is 2. The third-order valence-electron chi connectivity index (χ3n) is 5.83. The van der Waals surface area contributed by atoms with Gasteiger partial charge < -0.3 is 14.6 Å². The van der Waals surface area contributed by atoms with Crippen molar-refractivity contribution in [2.24, 2.45) is 5.41 Å². The molecule has 1 atom stereocenters. The third kappa shape index (κ3) is 3.14. The molecule has 28 heavy (non-hydrogen) atoms. The molecule has 1 aromatic carbocycles.